The van der Waals surface area contributed by atoms with E-state index in [0.717, 1.165) is 5.56 Å². The van der Waals surface area contributed by atoms with Crippen molar-refractivity contribution in [2.24, 2.45) is 0 Å². The smallest absolute Gasteiger partial charge is 0.0577 e. The van der Waals surface area contributed by atoms with Crippen molar-refractivity contribution in [3.8, 4) is 0 Å². The fourth-order valence-corrected chi connectivity index (χ4v) is 0.703. The lowest BCUT2D eigenvalue weighted by atomic mass is 10.2. The molecule has 11 heavy (non-hydrogen) atoms. The van der Waals surface area contributed by atoms with E-state index in [0.29, 0.717) is 11.4 Å². The maximum atomic E-state index is 5.56. The largest absolute Gasteiger partial charge is 0.397 e. The first kappa shape index (κ1) is 9.82. The van der Waals surface area contributed by atoms with Gasteiger partial charge >= 0.3 is 0 Å². The molecule has 0 saturated carbocycles. The van der Waals surface area contributed by atoms with Gasteiger partial charge in [0.15, 0.2) is 0 Å². The third-order valence-corrected chi connectivity index (χ3v) is 1.36. The summed E-state index contributed by atoms with van der Waals surface area (Å²) in [6, 6.07) is 5.62. The highest BCUT2D eigenvalue weighted by Gasteiger charge is 1.93. The van der Waals surface area contributed by atoms with E-state index in [4.69, 9.17) is 11.5 Å². The molecule has 1 aromatic rings. The van der Waals surface area contributed by atoms with E-state index in [9.17, 15) is 0 Å². The van der Waals surface area contributed by atoms with Gasteiger partial charge in [-0.1, -0.05) is 26.0 Å². The number of hydrogen-bond acceptors (Lipinski definition) is 2. The summed E-state index contributed by atoms with van der Waals surface area (Å²) in [4.78, 5) is 0. The Kier molecular flexibility index (Phi) is 4.11. The number of nitrogens with two attached hydrogens (primary N) is 2. The number of aryl methyl sites for hydroxylation is 1. The van der Waals surface area contributed by atoms with Gasteiger partial charge in [0.25, 0.3) is 0 Å². The molecule has 4 N–H and O–H groups in total. The molecule has 0 aromatic heterocycles. The molecule has 0 heterocycles. The zero-order valence-corrected chi connectivity index (χ0v) is 7.39. The van der Waals surface area contributed by atoms with Crippen molar-refractivity contribution in [2.75, 3.05) is 11.5 Å². The van der Waals surface area contributed by atoms with E-state index in [1.54, 1.807) is 6.07 Å². The average molecular weight is 152 g/mol. The second-order valence-electron chi connectivity index (χ2n) is 2.08. The SMILES string of the molecule is CC.Cc1cccc(N)c1N. The van der Waals surface area contributed by atoms with E-state index in [2.05, 4.69) is 0 Å². The van der Waals surface area contributed by atoms with Gasteiger partial charge < -0.3 is 11.5 Å². The quantitative estimate of drug-likeness (QED) is 0.560. The van der Waals surface area contributed by atoms with Crippen molar-refractivity contribution in [1.29, 1.82) is 0 Å². The average Bonchev–Trinajstić information content (AvgIpc) is 2.04. The molecule has 2 nitrogen and oxygen atoms in total. The van der Waals surface area contributed by atoms with Gasteiger partial charge in [-0.15, -0.1) is 0 Å². The summed E-state index contributed by atoms with van der Waals surface area (Å²) in [6.45, 7) is 5.94. The summed E-state index contributed by atoms with van der Waals surface area (Å²) in [5.41, 5.74) is 13.4. The van der Waals surface area contributed by atoms with Crippen LogP contribution in [0, 0.1) is 6.92 Å². The highest BCUT2D eigenvalue weighted by molar-refractivity contribution is 5.66. The van der Waals surface area contributed by atoms with E-state index in [-0.39, 0.29) is 0 Å². The zero-order valence-electron chi connectivity index (χ0n) is 7.39. The topological polar surface area (TPSA) is 52.0 Å². The van der Waals surface area contributed by atoms with Crippen molar-refractivity contribution >= 4 is 11.4 Å². The molecule has 0 amide bonds. The Morgan fingerprint density at radius 1 is 1.09 bits per heavy atom. The van der Waals surface area contributed by atoms with E-state index < -0.39 is 0 Å². The number of hydrogen-bond donors (Lipinski definition) is 2. The predicted molar refractivity (Wildman–Crippen MR) is 51.4 cm³/mol. The fraction of sp³-hybridized carbons (Fsp3) is 0.333. The molecule has 2 heteroatoms. The number of anilines is 2. The van der Waals surface area contributed by atoms with Gasteiger partial charge in [0.05, 0.1) is 11.4 Å². The second kappa shape index (κ2) is 4.61. The highest BCUT2D eigenvalue weighted by Crippen LogP contribution is 2.17. The third kappa shape index (κ3) is 2.50. The van der Waals surface area contributed by atoms with Crippen LogP contribution in [0.2, 0.25) is 0 Å². The van der Waals surface area contributed by atoms with Crippen LogP contribution in [0.15, 0.2) is 18.2 Å². The zero-order chi connectivity index (χ0) is 8.85. The molecule has 0 fully saturated rings. The van der Waals surface area contributed by atoms with Crippen molar-refractivity contribution in [1.82, 2.24) is 0 Å². The standard InChI is InChI=1S/C7H10N2.C2H6/c1-5-3-2-4-6(8)7(5)9;1-2/h2-4H,8-9H2,1H3;1-2H3. The lowest BCUT2D eigenvalue weighted by Crippen LogP contribution is -1.95. The number of benzene rings is 1. The summed E-state index contributed by atoms with van der Waals surface area (Å²) in [5, 5.41) is 0. The second-order valence-corrected chi connectivity index (χ2v) is 2.08. The lowest BCUT2D eigenvalue weighted by molar-refractivity contribution is 1.47. The van der Waals surface area contributed by atoms with Crippen LogP contribution in [0.25, 0.3) is 0 Å². The van der Waals surface area contributed by atoms with Gasteiger partial charge in [0, 0.05) is 0 Å². The molecule has 0 bridgehead atoms. The minimum absolute atomic E-state index is 0.662. The monoisotopic (exact) mass is 152 g/mol. The van der Waals surface area contributed by atoms with Gasteiger partial charge in [-0.2, -0.15) is 0 Å². The minimum atomic E-state index is 0.662. The van der Waals surface area contributed by atoms with Gasteiger partial charge in [0.1, 0.15) is 0 Å². The molecule has 0 atom stereocenters. The molecule has 62 valence electrons. The highest BCUT2D eigenvalue weighted by atomic mass is 14.7. The molecular weight excluding hydrogens is 136 g/mol. The van der Waals surface area contributed by atoms with Crippen LogP contribution in [0.5, 0.6) is 0 Å². The summed E-state index contributed by atoms with van der Waals surface area (Å²) in [7, 11) is 0. The van der Waals surface area contributed by atoms with Gasteiger partial charge in [0.2, 0.25) is 0 Å². The predicted octanol–water partition coefficient (Wildman–Crippen LogP) is 2.19. The van der Waals surface area contributed by atoms with E-state index >= 15 is 0 Å². The molecule has 1 rings (SSSR count). The number of rotatable bonds is 0. The molecular formula is C9H16N2. The summed E-state index contributed by atoms with van der Waals surface area (Å²) < 4.78 is 0. The third-order valence-electron chi connectivity index (χ3n) is 1.36. The molecule has 0 aliphatic heterocycles. The molecule has 1 aromatic carbocycles. The Balaban J connectivity index is 0.000000461. The Hall–Kier alpha value is -1.18. The van der Waals surface area contributed by atoms with Crippen LogP contribution in [-0.4, -0.2) is 0 Å². The van der Waals surface area contributed by atoms with Gasteiger partial charge in [-0.05, 0) is 18.6 Å². The molecule has 0 aliphatic carbocycles. The van der Waals surface area contributed by atoms with Crippen LogP contribution >= 0.6 is 0 Å². The summed E-state index contributed by atoms with van der Waals surface area (Å²) in [6.07, 6.45) is 0. The number of nitrogen functional groups attached to an aromatic ring is 2. The Morgan fingerprint density at radius 3 is 2.00 bits per heavy atom. The van der Waals surface area contributed by atoms with Crippen molar-refractivity contribution in [2.45, 2.75) is 20.8 Å². The molecule has 0 saturated heterocycles. The van der Waals surface area contributed by atoms with Crippen LogP contribution in [0.4, 0.5) is 11.4 Å². The maximum Gasteiger partial charge on any atom is 0.0577 e. The molecule has 0 spiro atoms. The summed E-state index contributed by atoms with van der Waals surface area (Å²) >= 11 is 0. The van der Waals surface area contributed by atoms with Crippen molar-refractivity contribution < 1.29 is 0 Å². The maximum absolute atomic E-state index is 5.56. The fourth-order valence-electron chi connectivity index (χ4n) is 0.703. The Morgan fingerprint density at radius 2 is 1.64 bits per heavy atom. The van der Waals surface area contributed by atoms with Crippen LogP contribution in [0.1, 0.15) is 19.4 Å². The first-order valence-corrected chi connectivity index (χ1v) is 3.82. The first-order valence-electron chi connectivity index (χ1n) is 3.82. The summed E-state index contributed by atoms with van der Waals surface area (Å²) in [5.74, 6) is 0. The minimum Gasteiger partial charge on any atom is -0.397 e. The van der Waals surface area contributed by atoms with Crippen molar-refractivity contribution in [3.63, 3.8) is 0 Å². The lowest BCUT2D eigenvalue weighted by Gasteiger charge is -2.00. The van der Waals surface area contributed by atoms with E-state index in [1.807, 2.05) is 32.9 Å². The molecule has 0 aliphatic rings. The Bertz CT molecular complexity index is 199. The Labute approximate surface area is 68.2 Å². The molecule has 0 radical (unpaired) electrons. The normalized spacial score (nSPS) is 8.27. The van der Waals surface area contributed by atoms with Gasteiger partial charge in [-0.25, -0.2) is 0 Å². The number of para-hydroxylation sites is 1. The van der Waals surface area contributed by atoms with Crippen LogP contribution in [0.3, 0.4) is 0 Å². The van der Waals surface area contributed by atoms with Crippen LogP contribution in [-0.2, 0) is 0 Å². The molecule has 0 unspecified atom stereocenters. The van der Waals surface area contributed by atoms with Crippen molar-refractivity contribution in [3.05, 3.63) is 23.8 Å². The van der Waals surface area contributed by atoms with E-state index in [1.165, 1.54) is 0 Å². The van der Waals surface area contributed by atoms with Gasteiger partial charge in [-0.3, -0.25) is 0 Å². The first-order chi connectivity index (χ1) is 5.22. The van der Waals surface area contributed by atoms with Crippen LogP contribution < -0.4 is 11.5 Å².